The monoisotopic (exact) mass is 246 g/mol. The van der Waals surface area contributed by atoms with Crippen LogP contribution < -0.4 is 4.74 Å². The summed E-state index contributed by atoms with van der Waals surface area (Å²) in [4.78, 5) is 19.5. The quantitative estimate of drug-likeness (QED) is 0.775. The van der Waals surface area contributed by atoms with Crippen LogP contribution in [-0.4, -0.2) is 22.9 Å². The van der Waals surface area contributed by atoms with Gasteiger partial charge in [0.25, 0.3) is 0 Å². The van der Waals surface area contributed by atoms with Gasteiger partial charge in [-0.05, 0) is 17.7 Å². The normalized spacial score (nSPS) is 10.1. The van der Waals surface area contributed by atoms with Crippen molar-refractivity contribution >= 4 is 5.78 Å². The minimum absolute atomic E-state index is 0.0831. The molecule has 1 aromatic carbocycles. The number of rotatable bonds is 4. The molecule has 0 saturated carbocycles. The van der Waals surface area contributed by atoms with Crippen molar-refractivity contribution in [1.29, 1.82) is 0 Å². The number of ether oxygens (including phenoxy) is 1. The zero-order valence-corrected chi connectivity index (χ0v) is 9.76. The number of halogens is 1. The second kappa shape index (κ2) is 5.35. The summed E-state index contributed by atoms with van der Waals surface area (Å²) in [5, 5.41) is 0. The number of ketones is 1. The average Bonchev–Trinajstić information content (AvgIpc) is 2.42. The van der Waals surface area contributed by atoms with E-state index in [4.69, 9.17) is 4.74 Å². The molecule has 0 amide bonds. The molecule has 5 heteroatoms. The minimum atomic E-state index is -0.524. The van der Waals surface area contributed by atoms with E-state index in [-0.39, 0.29) is 29.3 Å². The van der Waals surface area contributed by atoms with E-state index in [1.807, 2.05) is 0 Å². The lowest BCUT2D eigenvalue weighted by Crippen LogP contribution is -2.09. The van der Waals surface area contributed by atoms with Crippen molar-refractivity contribution in [2.24, 2.45) is 0 Å². The predicted molar refractivity (Wildman–Crippen MR) is 63.0 cm³/mol. The molecule has 0 N–H and O–H groups in total. The Morgan fingerprint density at radius 3 is 2.67 bits per heavy atom. The highest BCUT2D eigenvalue weighted by Gasteiger charge is 2.14. The summed E-state index contributed by atoms with van der Waals surface area (Å²) >= 11 is 0. The Hall–Kier alpha value is -2.30. The number of carbonyl (C=O) groups excluding carboxylic acids is 1. The van der Waals surface area contributed by atoms with E-state index >= 15 is 0 Å². The van der Waals surface area contributed by atoms with E-state index in [1.165, 1.54) is 25.6 Å². The highest BCUT2D eigenvalue weighted by Crippen LogP contribution is 2.20. The molecule has 0 bridgehead atoms. The summed E-state index contributed by atoms with van der Waals surface area (Å²) in [6.07, 6.45) is 2.86. The minimum Gasteiger partial charge on any atom is -0.494 e. The molecule has 2 rings (SSSR count). The maximum Gasteiger partial charge on any atom is 0.204 e. The summed E-state index contributed by atoms with van der Waals surface area (Å²) in [5.41, 5.74) is 0.270. The van der Waals surface area contributed by atoms with Crippen molar-refractivity contribution in [1.82, 2.24) is 9.97 Å². The van der Waals surface area contributed by atoms with Crippen molar-refractivity contribution in [3.8, 4) is 5.75 Å². The van der Waals surface area contributed by atoms with Crippen LogP contribution in [-0.2, 0) is 6.42 Å². The van der Waals surface area contributed by atoms with E-state index in [2.05, 4.69) is 9.97 Å². The smallest absolute Gasteiger partial charge is 0.204 e. The first-order valence-corrected chi connectivity index (χ1v) is 5.34. The zero-order valence-electron chi connectivity index (χ0n) is 9.76. The van der Waals surface area contributed by atoms with E-state index < -0.39 is 5.82 Å². The standard InChI is InChI=1S/C13H11FN2O2/c1-18-11-5-2-4-9(12(11)14)8-10(17)13-15-6-3-7-16-13/h2-7H,8H2,1H3. The Morgan fingerprint density at radius 1 is 1.28 bits per heavy atom. The fraction of sp³-hybridized carbons (Fsp3) is 0.154. The molecule has 2 aromatic rings. The lowest BCUT2D eigenvalue weighted by atomic mass is 10.1. The van der Waals surface area contributed by atoms with Crippen molar-refractivity contribution in [2.45, 2.75) is 6.42 Å². The molecule has 0 aliphatic heterocycles. The predicted octanol–water partition coefficient (Wildman–Crippen LogP) is 2.05. The molecule has 18 heavy (non-hydrogen) atoms. The molecule has 0 radical (unpaired) electrons. The summed E-state index contributed by atoms with van der Waals surface area (Å²) in [7, 11) is 1.38. The third-order valence-electron chi connectivity index (χ3n) is 2.43. The van der Waals surface area contributed by atoms with Crippen LogP contribution in [0.25, 0.3) is 0 Å². The van der Waals surface area contributed by atoms with Crippen molar-refractivity contribution < 1.29 is 13.9 Å². The van der Waals surface area contributed by atoms with Crippen LogP contribution in [0.5, 0.6) is 5.75 Å². The third kappa shape index (κ3) is 2.51. The lowest BCUT2D eigenvalue weighted by molar-refractivity contribution is 0.0981. The molecule has 92 valence electrons. The molecule has 0 aliphatic rings. The number of carbonyl (C=O) groups is 1. The van der Waals surface area contributed by atoms with Crippen LogP contribution >= 0.6 is 0 Å². The van der Waals surface area contributed by atoms with Gasteiger partial charge in [0.05, 0.1) is 7.11 Å². The number of aromatic nitrogens is 2. The van der Waals surface area contributed by atoms with Gasteiger partial charge in [0.2, 0.25) is 5.78 Å². The molecular weight excluding hydrogens is 235 g/mol. The van der Waals surface area contributed by atoms with Gasteiger partial charge in [0.1, 0.15) is 0 Å². The summed E-state index contributed by atoms with van der Waals surface area (Å²) in [5.74, 6) is -0.652. The first kappa shape index (κ1) is 12.2. The van der Waals surface area contributed by atoms with Gasteiger partial charge >= 0.3 is 0 Å². The molecular formula is C13H11FN2O2. The highest BCUT2D eigenvalue weighted by molar-refractivity contribution is 5.94. The van der Waals surface area contributed by atoms with Crippen LogP contribution in [0.3, 0.4) is 0 Å². The Labute approximate surface area is 103 Å². The molecule has 1 heterocycles. The topological polar surface area (TPSA) is 52.1 Å². The van der Waals surface area contributed by atoms with Crippen LogP contribution in [0, 0.1) is 5.82 Å². The van der Waals surface area contributed by atoms with Gasteiger partial charge in [-0.2, -0.15) is 0 Å². The Bertz CT molecular complexity index is 558. The largest absolute Gasteiger partial charge is 0.494 e. The fourth-order valence-corrected chi connectivity index (χ4v) is 1.55. The Kier molecular flexibility index (Phi) is 3.62. The van der Waals surface area contributed by atoms with Gasteiger partial charge in [-0.25, -0.2) is 14.4 Å². The van der Waals surface area contributed by atoms with Crippen LogP contribution in [0.1, 0.15) is 16.2 Å². The summed E-state index contributed by atoms with van der Waals surface area (Å²) in [6, 6.07) is 6.29. The van der Waals surface area contributed by atoms with Crippen molar-refractivity contribution in [3.05, 3.63) is 53.9 Å². The van der Waals surface area contributed by atoms with Gasteiger partial charge < -0.3 is 4.74 Å². The average molecular weight is 246 g/mol. The maximum absolute atomic E-state index is 13.8. The lowest BCUT2D eigenvalue weighted by Gasteiger charge is -2.06. The first-order valence-electron chi connectivity index (χ1n) is 5.34. The number of benzene rings is 1. The number of hydrogen-bond acceptors (Lipinski definition) is 4. The SMILES string of the molecule is COc1cccc(CC(=O)c2ncccn2)c1F. The van der Waals surface area contributed by atoms with Crippen LogP contribution in [0.2, 0.25) is 0 Å². The van der Waals surface area contributed by atoms with E-state index in [9.17, 15) is 9.18 Å². The molecule has 0 fully saturated rings. The third-order valence-corrected chi connectivity index (χ3v) is 2.43. The summed E-state index contributed by atoms with van der Waals surface area (Å²) in [6.45, 7) is 0. The Morgan fingerprint density at radius 2 is 2.00 bits per heavy atom. The maximum atomic E-state index is 13.8. The van der Waals surface area contributed by atoms with E-state index in [1.54, 1.807) is 18.2 Å². The Balaban J connectivity index is 2.22. The molecule has 0 saturated heterocycles. The molecule has 0 atom stereocenters. The second-order valence-electron chi connectivity index (χ2n) is 3.61. The van der Waals surface area contributed by atoms with Crippen molar-refractivity contribution in [3.63, 3.8) is 0 Å². The van der Waals surface area contributed by atoms with E-state index in [0.29, 0.717) is 0 Å². The first-order chi connectivity index (χ1) is 8.72. The zero-order chi connectivity index (χ0) is 13.0. The van der Waals surface area contributed by atoms with Gasteiger partial charge in [0.15, 0.2) is 17.4 Å². The molecule has 0 spiro atoms. The second-order valence-corrected chi connectivity index (χ2v) is 3.61. The number of Topliss-reactive ketones (excluding diaryl/α,β-unsaturated/α-hetero) is 1. The van der Waals surface area contributed by atoms with Crippen molar-refractivity contribution in [2.75, 3.05) is 7.11 Å². The van der Waals surface area contributed by atoms with E-state index in [0.717, 1.165) is 0 Å². The molecule has 4 nitrogen and oxygen atoms in total. The number of nitrogens with zero attached hydrogens (tertiary/aromatic N) is 2. The highest BCUT2D eigenvalue weighted by atomic mass is 19.1. The van der Waals surface area contributed by atoms with Crippen LogP contribution in [0.15, 0.2) is 36.7 Å². The summed E-state index contributed by atoms with van der Waals surface area (Å²) < 4.78 is 18.7. The van der Waals surface area contributed by atoms with Gasteiger partial charge in [-0.1, -0.05) is 12.1 Å². The molecule has 0 aliphatic carbocycles. The van der Waals surface area contributed by atoms with Gasteiger partial charge in [-0.3, -0.25) is 4.79 Å². The number of hydrogen-bond donors (Lipinski definition) is 0. The molecule has 0 unspecified atom stereocenters. The number of methoxy groups -OCH3 is 1. The fourth-order valence-electron chi connectivity index (χ4n) is 1.55. The van der Waals surface area contributed by atoms with Gasteiger partial charge in [-0.15, -0.1) is 0 Å². The van der Waals surface area contributed by atoms with Crippen LogP contribution in [0.4, 0.5) is 4.39 Å². The van der Waals surface area contributed by atoms with Gasteiger partial charge in [0, 0.05) is 18.8 Å². The molecule has 1 aromatic heterocycles.